The van der Waals surface area contributed by atoms with Gasteiger partial charge < -0.3 is 14.8 Å². The number of amides is 1. The highest BCUT2D eigenvalue weighted by molar-refractivity contribution is 6.32. The molecule has 4 nitrogen and oxygen atoms in total. The first-order valence-corrected chi connectivity index (χ1v) is 10.9. The summed E-state index contributed by atoms with van der Waals surface area (Å²) in [6.07, 6.45) is -2.22. The van der Waals surface area contributed by atoms with E-state index in [2.05, 4.69) is 5.32 Å². The summed E-state index contributed by atoms with van der Waals surface area (Å²) in [4.78, 5) is 11.7. The van der Waals surface area contributed by atoms with Gasteiger partial charge >= 0.3 is 12.3 Å². The third-order valence-corrected chi connectivity index (χ3v) is 4.81. The van der Waals surface area contributed by atoms with Crippen molar-refractivity contribution in [1.82, 2.24) is 5.32 Å². The number of carbonyl (C=O) groups is 1. The predicted octanol–water partition coefficient (Wildman–Crippen LogP) is 7.56. The minimum absolute atomic E-state index is 0.0812. The van der Waals surface area contributed by atoms with Crippen LogP contribution in [0.15, 0.2) is 48.5 Å². The number of rotatable bonds is 9. The molecule has 0 heterocycles. The molecule has 1 unspecified atom stereocenters. The summed E-state index contributed by atoms with van der Waals surface area (Å²) in [7, 11) is 0. The zero-order valence-corrected chi connectivity index (χ0v) is 19.2. The Morgan fingerprint density at radius 3 is 2.31 bits per heavy atom. The Kier molecular flexibility index (Phi) is 9.25. The molecule has 0 aliphatic carbocycles. The maximum Gasteiger partial charge on any atom is 0.416 e. The topological polar surface area (TPSA) is 47.6 Å². The first-order chi connectivity index (χ1) is 15.0. The van der Waals surface area contributed by atoms with Gasteiger partial charge in [-0.1, -0.05) is 48.4 Å². The number of alkyl carbamates (subject to hydrolysis) is 1. The quantitative estimate of drug-likeness (QED) is 0.384. The van der Waals surface area contributed by atoms with E-state index in [4.69, 9.17) is 21.1 Å². The molecule has 2 aromatic rings. The van der Waals surface area contributed by atoms with Crippen LogP contribution in [0.3, 0.4) is 0 Å². The van der Waals surface area contributed by atoms with Gasteiger partial charge in [-0.25, -0.2) is 4.79 Å². The fraction of sp³-hybridized carbons (Fsp3) is 0.458. The number of hydrogen-bond acceptors (Lipinski definition) is 3. The highest BCUT2D eigenvalue weighted by atomic mass is 35.5. The lowest BCUT2D eigenvalue weighted by Crippen LogP contribution is -2.32. The molecular weight excluding hydrogens is 443 g/mol. The molecule has 2 rings (SSSR count). The molecular formula is C24H29ClF3NO3. The largest absolute Gasteiger partial charge is 0.484 e. The average Bonchev–Trinajstić information content (AvgIpc) is 2.69. The first-order valence-electron chi connectivity index (χ1n) is 10.5. The van der Waals surface area contributed by atoms with Crippen LogP contribution in [-0.2, 0) is 10.9 Å². The van der Waals surface area contributed by atoms with Crippen molar-refractivity contribution >= 4 is 17.7 Å². The molecule has 0 fully saturated rings. The van der Waals surface area contributed by atoms with Crippen molar-refractivity contribution < 1.29 is 27.4 Å². The van der Waals surface area contributed by atoms with E-state index in [0.717, 1.165) is 37.0 Å². The number of unbranched alkanes of at least 4 members (excludes halogenated alkanes) is 2. The average molecular weight is 472 g/mol. The molecule has 176 valence electrons. The molecule has 0 radical (unpaired) electrons. The van der Waals surface area contributed by atoms with Gasteiger partial charge in [0.05, 0.1) is 10.6 Å². The van der Waals surface area contributed by atoms with Crippen molar-refractivity contribution in [2.75, 3.05) is 6.54 Å². The number of benzene rings is 2. The van der Waals surface area contributed by atoms with E-state index in [1.165, 1.54) is 6.07 Å². The molecule has 0 aliphatic rings. The zero-order chi connectivity index (χ0) is 23.8. The minimum Gasteiger partial charge on any atom is -0.484 e. The summed E-state index contributed by atoms with van der Waals surface area (Å²) >= 11 is 6.07. The maximum absolute atomic E-state index is 12.9. The van der Waals surface area contributed by atoms with E-state index in [1.54, 1.807) is 20.8 Å². The van der Waals surface area contributed by atoms with Crippen molar-refractivity contribution in [2.24, 2.45) is 0 Å². The molecule has 1 amide bonds. The zero-order valence-electron chi connectivity index (χ0n) is 18.5. The molecule has 0 saturated carbocycles. The number of alkyl halides is 3. The Morgan fingerprint density at radius 1 is 1.03 bits per heavy atom. The van der Waals surface area contributed by atoms with Gasteiger partial charge in [-0.15, -0.1) is 0 Å². The fourth-order valence-electron chi connectivity index (χ4n) is 3.02. The molecule has 0 aliphatic heterocycles. The Morgan fingerprint density at radius 2 is 1.72 bits per heavy atom. The fourth-order valence-corrected chi connectivity index (χ4v) is 3.25. The molecule has 0 saturated heterocycles. The van der Waals surface area contributed by atoms with Crippen LogP contribution >= 0.6 is 11.6 Å². The maximum atomic E-state index is 12.9. The van der Waals surface area contributed by atoms with Gasteiger partial charge in [0.25, 0.3) is 0 Å². The Bertz CT molecular complexity index is 867. The molecule has 8 heteroatoms. The number of hydrogen-bond donors (Lipinski definition) is 1. The molecule has 0 aromatic heterocycles. The van der Waals surface area contributed by atoms with Crippen molar-refractivity contribution in [3.63, 3.8) is 0 Å². The number of halogens is 4. The normalized spacial score (nSPS) is 12.8. The van der Waals surface area contributed by atoms with Gasteiger partial charge in [-0.3, -0.25) is 0 Å². The molecule has 0 bridgehead atoms. The van der Waals surface area contributed by atoms with Gasteiger partial charge in [-0.05, 0) is 63.8 Å². The van der Waals surface area contributed by atoms with Crippen molar-refractivity contribution in [2.45, 2.75) is 64.3 Å². The monoisotopic (exact) mass is 471 g/mol. The van der Waals surface area contributed by atoms with E-state index in [9.17, 15) is 18.0 Å². The lowest BCUT2D eigenvalue weighted by atomic mass is 10.0. The summed E-state index contributed by atoms with van der Waals surface area (Å²) in [5, 5.41) is 2.64. The summed E-state index contributed by atoms with van der Waals surface area (Å²) in [6.45, 7) is 5.91. The highest BCUT2D eigenvalue weighted by Crippen LogP contribution is 2.37. The van der Waals surface area contributed by atoms with Gasteiger partial charge in [0.1, 0.15) is 17.5 Å². The highest BCUT2D eigenvalue weighted by Gasteiger charge is 2.31. The predicted molar refractivity (Wildman–Crippen MR) is 119 cm³/mol. The Labute approximate surface area is 192 Å². The van der Waals surface area contributed by atoms with Crippen LogP contribution in [0.1, 0.15) is 63.7 Å². The van der Waals surface area contributed by atoms with E-state index in [0.29, 0.717) is 13.0 Å². The Balaban J connectivity index is 1.92. The standard InChI is InChI=1S/C24H29ClF3NO3/c1-23(2,3)32-22(30)29-15-9-5-8-12-20(17-10-6-4-7-11-17)31-21-14-13-18(16-19(21)25)24(26,27)28/h4,6-7,10-11,13-14,16,20H,5,8-9,12,15H2,1-3H3,(H,29,30). The summed E-state index contributed by atoms with van der Waals surface area (Å²) < 4.78 is 49.9. The minimum atomic E-state index is -4.46. The second-order valence-corrected chi connectivity index (χ2v) is 8.85. The van der Waals surface area contributed by atoms with E-state index >= 15 is 0 Å². The van der Waals surface area contributed by atoms with Crippen molar-refractivity contribution in [3.8, 4) is 5.75 Å². The smallest absolute Gasteiger partial charge is 0.416 e. The second-order valence-electron chi connectivity index (χ2n) is 8.44. The van der Waals surface area contributed by atoms with Gasteiger partial charge in [0.2, 0.25) is 0 Å². The molecule has 32 heavy (non-hydrogen) atoms. The lowest BCUT2D eigenvalue weighted by Gasteiger charge is -2.21. The first kappa shape index (κ1) is 25.8. The van der Waals surface area contributed by atoms with E-state index < -0.39 is 23.4 Å². The third kappa shape index (κ3) is 8.99. The van der Waals surface area contributed by atoms with Crippen molar-refractivity contribution in [3.05, 3.63) is 64.7 Å². The second kappa shape index (κ2) is 11.5. The summed E-state index contributed by atoms with van der Waals surface area (Å²) in [5.74, 6) is 0.208. The van der Waals surface area contributed by atoms with E-state index in [-0.39, 0.29) is 16.9 Å². The van der Waals surface area contributed by atoms with Gasteiger partial charge in [-0.2, -0.15) is 13.2 Å². The number of nitrogens with one attached hydrogen (secondary N) is 1. The van der Waals surface area contributed by atoms with Crippen LogP contribution in [0, 0.1) is 0 Å². The van der Waals surface area contributed by atoms with Crippen LogP contribution in [0.4, 0.5) is 18.0 Å². The van der Waals surface area contributed by atoms with Gasteiger partial charge in [0.15, 0.2) is 0 Å². The van der Waals surface area contributed by atoms with Crippen LogP contribution in [0.5, 0.6) is 5.75 Å². The molecule has 2 aromatic carbocycles. The summed E-state index contributed by atoms with van der Waals surface area (Å²) in [5.41, 5.74) is -0.442. The van der Waals surface area contributed by atoms with Crippen LogP contribution in [0.2, 0.25) is 5.02 Å². The van der Waals surface area contributed by atoms with Crippen molar-refractivity contribution in [1.29, 1.82) is 0 Å². The van der Waals surface area contributed by atoms with E-state index in [1.807, 2.05) is 30.3 Å². The van der Waals surface area contributed by atoms with Gasteiger partial charge in [0, 0.05) is 6.54 Å². The molecule has 1 N–H and O–H groups in total. The molecule has 0 spiro atoms. The number of ether oxygens (including phenoxy) is 2. The number of carbonyl (C=O) groups excluding carboxylic acids is 1. The van der Waals surface area contributed by atoms with Crippen LogP contribution in [-0.4, -0.2) is 18.2 Å². The SMILES string of the molecule is CC(C)(C)OC(=O)NCCCCCC(Oc1ccc(C(F)(F)F)cc1Cl)c1ccccc1. The van der Waals surface area contributed by atoms with Crippen LogP contribution in [0.25, 0.3) is 0 Å². The molecule has 1 atom stereocenters. The third-order valence-electron chi connectivity index (χ3n) is 4.51. The Hall–Kier alpha value is -2.41. The summed E-state index contributed by atoms with van der Waals surface area (Å²) in [6, 6.07) is 12.6. The lowest BCUT2D eigenvalue weighted by molar-refractivity contribution is -0.137. The van der Waals surface area contributed by atoms with Crippen LogP contribution < -0.4 is 10.1 Å².